The quantitative estimate of drug-likeness (QED) is 0.870. The van der Waals surface area contributed by atoms with E-state index in [1.807, 2.05) is 0 Å². The van der Waals surface area contributed by atoms with Gasteiger partial charge in [0.15, 0.2) is 0 Å². The lowest BCUT2D eigenvalue weighted by Gasteiger charge is -2.27. The molecule has 1 unspecified atom stereocenters. The molecule has 0 saturated carbocycles. The van der Waals surface area contributed by atoms with Crippen molar-refractivity contribution in [2.45, 2.75) is 51.6 Å². The summed E-state index contributed by atoms with van der Waals surface area (Å²) >= 11 is 0. The fraction of sp³-hybridized carbons (Fsp3) is 0.533. The van der Waals surface area contributed by atoms with Gasteiger partial charge in [0.25, 0.3) is 0 Å². The standard InChI is InChI=1S/C15H20O3/c1-2-4-11-5-3-6-12-7-8-13(18-15(11)12)9-10-14(16)17/h3,5-6,13H,2,4,7-10H2,1H3,(H,16,17). The van der Waals surface area contributed by atoms with Gasteiger partial charge in [0.2, 0.25) is 0 Å². The molecular weight excluding hydrogens is 228 g/mol. The second kappa shape index (κ2) is 5.89. The highest BCUT2D eigenvalue weighted by Gasteiger charge is 2.22. The van der Waals surface area contributed by atoms with Crippen molar-refractivity contribution in [2.24, 2.45) is 0 Å². The molecule has 1 aromatic carbocycles. The van der Waals surface area contributed by atoms with Gasteiger partial charge in [0.05, 0.1) is 6.10 Å². The molecule has 1 aromatic rings. The molecule has 2 rings (SSSR count). The van der Waals surface area contributed by atoms with Gasteiger partial charge in [-0.25, -0.2) is 0 Å². The van der Waals surface area contributed by atoms with Gasteiger partial charge >= 0.3 is 5.97 Å². The molecule has 0 spiro atoms. The summed E-state index contributed by atoms with van der Waals surface area (Å²) in [6.07, 6.45) is 4.90. The minimum Gasteiger partial charge on any atom is -0.490 e. The van der Waals surface area contributed by atoms with Crippen molar-refractivity contribution in [1.29, 1.82) is 0 Å². The average molecular weight is 248 g/mol. The summed E-state index contributed by atoms with van der Waals surface area (Å²) < 4.78 is 6.00. The Morgan fingerprint density at radius 1 is 1.50 bits per heavy atom. The van der Waals surface area contributed by atoms with E-state index in [-0.39, 0.29) is 12.5 Å². The van der Waals surface area contributed by atoms with Crippen LogP contribution in [0.15, 0.2) is 18.2 Å². The number of para-hydroxylation sites is 1. The van der Waals surface area contributed by atoms with Gasteiger partial charge < -0.3 is 9.84 Å². The van der Waals surface area contributed by atoms with E-state index in [2.05, 4.69) is 25.1 Å². The molecule has 1 aliphatic heterocycles. The fourth-order valence-electron chi connectivity index (χ4n) is 2.48. The van der Waals surface area contributed by atoms with Gasteiger partial charge in [-0.1, -0.05) is 31.5 Å². The van der Waals surface area contributed by atoms with Crippen LogP contribution >= 0.6 is 0 Å². The van der Waals surface area contributed by atoms with Crippen molar-refractivity contribution in [2.75, 3.05) is 0 Å². The number of benzene rings is 1. The van der Waals surface area contributed by atoms with E-state index in [0.29, 0.717) is 6.42 Å². The maximum atomic E-state index is 10.6. The Balaban J connectivity index is 2.09. The van der Waals surface area contributed by atoms with Crippen LogP contribution in [0.3, 0.4) is 0 Å². The monoisotopic (exact) mass is 248 g/mol. The van der Waals surface area contributed by atoms with Gasteiger partial charge in [0.1, 0.15) is 5.75 Å². The molecule has 0 fully saturated rings. The second-order valence-corrected chi connectivity index (χ2v) is 4.87. The van der Waals surface area contributed by atoms with Crippen molar-refractivity contribution in [3.8, 4) is 5.75 Å². The van der Waals surface area contributed by atoms with Gasteiger partial charge in [-0.2, -0.15) is 0 Å². The molecule has 18 heavy (non-hydrogen) atoms. The van der Waals surface area contributed by atoms with Crippen LogP contribution in [-0.2, 0) is 17.6 Å². The van der Waals surface area contributed by atoms with Gasteiger partial charge in [0, 0.05) is 6.42 Å². The lowest BCUT2D eigenvalue weighted by molar-refractivity contribution is -0.137. The minimum absolute atomic E-state index is 0.0617. The number of carboxylic acids is 1. The zero-order chi connectivity index (χ0) is 13.0. The highest BCUT2D eigenvalue weighted by atomic mass is 16.5. The van der Waals surface area contributed by atoms with Crippen molar-refractivity contribution in [1.82, 2.24) is 0 Å². The Labute approximate surface area is 108 Å². The third kappa shape index (κ3) is 3.03. The summed E-state index contributed by atoms with van der Waals surface area (Å²) in [5.74, 6) is 0.271. The highest BCUT2D eigenvalue weighted by molar-refractivity contribution is 5.66. The zero-order valence-corrected chi connectivity index (χ0v) is 10.8. The third-order valence-corrected chi connectivity index (χ3v) is 3.40. The maximum Gasteiger partial charge on any atom is 0.303 e. The summed E-state index contributed by atoms with van der Waals surface area (Å²) in [7, 11) is 0. The van der Waals surface area contributed by atoms with E-state index in [1.165, 1.54) is 11.1 Å². The summed E-state index contributed by atoms with van der Waals surface area (Å²) in [6.45, 7) is 2.16. The first-order valence-corrected chi connectivity index (χ1v) is 6.70. The summed E-state index contributed by atoms with van der Waals surface area (Å²) in [5.41, 5.74) is 2.53. The van der Waals surface area contributed by atoms with Crippen molar-refractivity contribution in [3.05, 3.63) is 29.3 Å². The average Bonchev–Trinajstić information content (AvgIpc) is 2.37. The predicted octanol–water partition coefficient (Wildman–Crippen LogP) is 3.20. The molecule has 1 N–H and O–H groups in total. The zero-order valence-electron chi connectivity index (χ0n) is 10.8. The van der Waals surface area contributed by atoms with Gasteiger partial charge in [-0.15, -0.1) is 0 Å². The Morgan fingerprint density at radius 3 is 3.06 bits per heavy atom. The van der Waals surface area contributed by atoms with E-state index >= 15 is 0 Å². The van der Waals surface area contributed by atoms with E-state index in [1.54, 1.807) is 0 Å². The number of fused-ring (bicyclic) bond motifs is 1. The third-order valence-electron chi connectivity index (χ3n) is 3.40. The molecule has 3 nitrogen and oxygen atoms in total. The molecule has 1 heterocycles. The largest absolute Gasteiger partial charge is 0.490 e. The first kappa shape index (κ1) is 12.9. The van der Waals surface area contributed by atoms with Crippen LogP contribution in [0.25, 0.3) is 0 Å². The lowest BCUT2D eigenvalue weighted by Crippen LogP contribution is -2.24. The Morgan fingerprint density at radius 2 is 2.33 bits per heavy atom. The number of aliphatic carboxylic acids is 1. The predicted molar refractivity (Wildman–Crippen MR) is 70.0 cm³/mol. The molecule has 0 saturated heterocycles. The molecule has 3 heteroatoms. The van der Waals surface area contributed by atoms with Crippen LogP contribution in [0.1, 0.15) is 43.7 Å². The number of hydrogen-bond donors (Lipinski definition) is 1. The number of carbonyl (C=O) groups is 1. The van der Waals surface area contributed by atoms with E-state index < -0.39 is 5.97 Å². The Bertz CT molecular complexity index is 426. The molecular formula is C15H20O3. The normalized spacial score (nSPS) is 17.9. The summed E-state index contributed by atoms with van der Waals surface area (Å²) in [6, 6.07) is 6.31. The summed E-state index contributed by atoms with van der Waals surface area (Å²) in [4.78, 5) is 10.6. The first-order valence-electron chi connectivity index (χ1n) is 6.70. The molecule has 0 amide bonds. The maximum absolute atomic E-state index is 10.6. The molecule has 98 valence electrons. The molecule has 0 bridgehead atoms. The Hall–Kier alpha value is -1.51. The second-order valence-electron chi connectivity index (χ2n) is 4.87. The molecule has 0 aliphatic carbocycles. The van der Waals surface area contributed by atoms with Crippen LogP contribution in [0.5, 0.6) is 5.75 Å². The van der Waals surface area contributed by atoms with E-state index in [9.17, 15) is 4.79 Å². The Kier molecular flexibility index (Phi) is 4.24. The van der Waals surface area contributed by atoms with Crippen LogP contribution in [0, 0.1) is 0 Å². The number of carboxylic acid groups (broad SMARTS) is 1. The fourth-order valence-corrected chi connectivity index (χ4v) is 2.48. The number of aryl methyl sites for hydroxylation is 2. The van der Waals surface area contributed by atoms with Crippen LogP contribution in [-0.4, -0.2) is 17.2 Å². The number of hydrogen-bond acceptors (Lipinski definition) is 2. The molecule has 1 aliphatic rings. The van der Waals surface area contributed by atoms with Crippen molar-refractivity contribution >= 4 is 5.97 Å². The van der Waals surface area contributed by atoms with Gasteiger partial charge in [-0.3, -0.25) is 4.79 Å². The minimum atomic E-state index is -0.744. The van der Waals surface area contributed by atoms with Crippen molar-refractivity contribution < 1.29 is 14.6 Å². The number of ether oxygens (including phenoxy) is 1. The molecule has 0 radical (unpaired) electrons. The molecule has 0 aromatic heterocycles. The topological polar surface area (TPSA) is 46.5 Å². The number of rotatable bonds is 5. The van der Waals surface area contributed by atoms with Crippen molar-refractivity contribution in [3.63, 3.8) is 0 Å². The SMILES string of the molecule is CCCc1cccc2c1OC(CCC(=O)O)CC2. The summed E-state index contributed by atoms with van der Waals surface area (Å²) in [5, 5.41) is 8.72. The van der Waals surface area contributed by atoms with E-state index in [4.69, 9.17) is 9.84 Å². The van der Waals surface area contributed by atoms with Crippen LogP contribution in [0.2, 0.25) is 0 Å². The van der Waals surface area contributed by atoms with E-state index in [0.717, 1.165) is 31.4 Å². The first-order chi connectivity index (χ1) is 8.70. The lowest BCUT2D eigenvalue weighted by atomic mass is 9.96. The van der Waals surface area contributed by atoms with Crippen LogP contribution < -0.4 is 4.74 Å². The highest BCUT2D eigenvalue weighted by Crippen LogP contribution is 2.33. The smallest absolute Gasteiger partial charge is 0.303 e. The van der Waals surface area contributed by atoms with Gasteiger partial charge in [-0.05, 0) is 36.8 Å². The van der Waals surface area contributed by atoms with Crippen LogP contribution in [0.4, 0.5) is 0 Å². The molecule has 1 atom stereocenters.